The number of aryl methyl sites for hydroxylation is 1. The molecule has 1 amide bonds. The van der Waals surface area contributed by atoms with Crippen molar-refractivity contribution in [2.24, 2.45) is 0 Å². The minimum atomic E-state index is -0.872. The first-order valence-corrected chi connectivity index (χ1v) is 6.13. The lowest BCUT2D eigenvalue weighted by Crippen LogP contribution is -2.14. The first kappa shape index (κ1) is 14.9. The lowest BCUT2D eigenvalue weighted by Gasteiger charge is -2.09. The Morgan fingerprint density at radius 1 is 1.43 bits per heavy atom. The summed E-state index contributed by atoms with van der Waals surface area (Å²) in [6, 6.07) is 4.26. The van der Waals surface area contributed by atoms with E-state index in [-0.39, 0.29) is 16.4 Å². The molecule has 0 atom stereocenters. The number of nitro groups is 1. The Bertz CT molecular complexity index is 716. The van der Waals surface area contributed by atoms with Gasteiger partial charge in [-0.15, -0.1) is 0 Å². The summed E-state index contributed by atoms with van der Waals surface area (Å²) in [5, 5.41) is 13.2. The lowest BCUT2D eigenvalue weighted by molar-refractivity contribution is -0.385. The van der Waals surface area contributed by atoms with E-state index < -0.39 is 22.3 Å². The van der Waals surface area contributed by atoms with Gasteiger partial charge in [0, 0.05) is 17.8 Å². The maximum absolute atomic E-state index is 13.3. The van der Waals surface area contributed by atoms with E-state index in [0.717, 1.165) is 18.2 Å². The maximum Gasteiger partial charge on any atom is 0.273 e. The summed E-state index contributed by atoms with van der Waals surface area (Å²) in [4.78, 5) is 25.8. The number of rotatable bonds is 3. The summed E-state index contributed by atoms with van der Waals surface area (Å²) >= 11 is 5.87. The molecule has 0 fully saturated rings. The van der Waals surface area contributed by atoms with E-state index in [1.165, 1.54) is 6.20 Å². The molecule has 8 heteroatoms. The number of halogens is 2. The second-order valence-electron chi connectivity index (χ2n) is 4.20. The molecular formula is C13H9ClFN3O3. The van der Waals surface area contributed by atoms with E-state index in [2.05, 4.69) is 10.3 Å². The van der Waals surface area contributed by atoms with Gasteiger partial charge in [0.25, 0.3) is 11.6 Å². The highest BCUT2D eigenvalue weighted by Gasteiger charge is 2.16. The van der Waals surface area contributed by atoms with Gasteiger partial charge >= 0.3 is 0 Å². The third-order valence-electron chi connectivity index (χ3n) is 2.71. The zero-order valence-corrected chi connectivity index (χ0v) is 11.5. The standard InChI is InChI=1S/C13H9ClFN3O3/c1-7-2-3-16-12(14)11(7)17-13(19)8-4-9(15)6-10(5-8)18(20)21/h2-6H,1H3,(H,17,19). The van der Waals surface area contributed by atoms with Gasteiger partial charge in [-0.2, -0.15) is 0 Å². The van der Waals surface area contributed by atoms with Crippen molar-refractivity contribution in [1.29, 1.82) is 0 Å². The molecule has 0 unspecified atom stereocenters. The second-order valence-corrected chi connectivity index (χ2v) is 4.56. The number of pyridine rings is 1. The predicted molar refractivity (Wildman–Crippen MR) is 75.0 cm³/mol. The number of hydrogen-bond donors (Lipinski definition) is 1. The Morgan fingerprint density at radius 3 is 2.76 bits per heavy atom. The average Bonchev–Trinajstić information content (AvgIpc) is 2.42. The second kappa shape index (κ2) is 5.84. The molecule has 2 rings (SSSR count). The number of aromatic nitrogens is 1. The van der Waals surface area contributed by atoms with Gasteiger partial charge in [-0.05, 0) is 24.6 Å². The van der Waals surface area contributed by atoms with Gasteiger partial charge in [-0.3, -0.25) is 14.9 Å². The van der Waals surface area contributed by atoms with Crippen LogP contribution in [-0.2, 0) is 0 Å². The van der Waals surface area contributed by atoms with Gasteiger partial charge < -0.3 is 5.32 Å². The molecule has 0 bridgehead atoms. The summed E-state index contributed by atoms with van der Waals surface area (Å²) in [7, 11) is 0. The summed E-state index contributed by atoms with van der Waals surface area (Å²) in [5.74, 6) is -1.58. The van der Waals surface area contributed by atoms with Crippen LogP contribution in [0.15, 0.2) is 30.5 Å². The number of benzene rings is 1. The van der Waals surface area contributed by atoms with Crippen molar-refractivity contribution in [3.05, 3.63) is 62.7 Å². The van der Waals surface area contributed by atoms with Gasteiger partial charge in [-0.25, -0.2) is 9.37 Å². The van der Waals surface area contributed by atoms with E-state index in [9.17, 15) is 19.3 Å². The number of nitrogens with zero attached hydrogens (tertiary/aromatic N) is 2. The molecule has 0 spiro atoms. The van der Waals surface area contributed by atoms with Crippen molar-refractivity contribution >= 4 is 28.9 Å². The number of anilines is 1. The predicted octanol–water partition coefficient (Wildman–Crippen LogP) is 3.34. The number of carbonyl (C=O) groups excluding carboxylic acids is 1. The van der Waals surface area contributed by atoms with Crippen LogP contribution >= 0.6 is 11.6 Å². The van der Waals surface area contributed by atoms with Crippen LogP contribution in [0.3, 0.4) is 0 Å². The number of nitrogens with one attached hydrogen (secondary N) is 1. The van der Waals surface area contributed by atoms with Gasteiger partial charge in [0.15, 0.2) is 5.15 Å². The average molecular weight is 310 g/mol. The van der Waals surface area contributed by atoms with Crippen LogP contribution in [0.2, 0.25) is 5.15 Å². The minimum absolute atomic E-state index is 0.0780. The quantitative estimate of drug-likeness (QED) is 0.535. The molecule has 2 aromatic rings. The van der Waals surface area contributed by atoms with Crippen molar-refractivity contribution in [2.75, 3.05) is 5.32 Å². The van der Waals surface area contributed by atoms with E-state index >= 15 is 0 Å². The summed E-state index contributed by atoms with van der Waals surface area (Å²) in [6.45, 7) is 1.71. The fraction of sp³-hybridized carbons (Fsp3) is 0.0769. The van der Waals surface area contributed by atoms with Crippen LogP contribution in [0, 0.1) is 22.9 Å². The molecule has 1 aromatic heterocycles. The van der Waals surface area contributed by atoms with Crippen LogP contribution in [-0.4, -0.2) is 15.8 Å². The highest BCUT2D eigenvalue weighted by Crippen LogP contribution is 2.24. The van der Waals surface area contributed by atoms with Crippen LogP contribution in [0.25, 0.3) is 0 Å². The molecule has 0 radical (unpaired) electrons. The smallest absolute Gasteiger partial charge is 0.273 e. The third kappa shape index (κ3) is 3.32. The maximum atomic E-state index is 13.3. The first-order chi connectivity index (χ1) is 9.88. The molecule has 0 aliphatic rings. The molecule has 108 valence electrons. The molecule has 1 aromatic carbocycles. The van der Waals surface area contributed by atoms with Crippen LogP contribution in [0.4, 0.5) is 15.8 Å². The molecular weight excluding hydrogens is 301 g/mol. The Balaban J connectivity index is 2.35. The van der Waals surface area contributed by atoms with Crippen LogP contribution in [0.5, 0.6) is 0 Å². The summed E-state index contributed by atoms with van der Waals surface area (Å²) in [5.41, 5.74) is 0.250. The monoisotopic (exact) mass is 309 g/mol. The first-order valence-electron chi connectivity index (χ1n) is 5.76. The van der Waals surface area contributed by atoms with Gasteiger partial charge in [-0.1, -0.05) is 11.6 Å². The highest BCUT2D eigenvalue weighted by atomic mass is 35.5. The van der Waals surface area contributed by atoms with E-state index in [4.69, 9.17) is 11.6 Å². The number of nitro benzene ring substituents is 1. The third-order valence-corrected chi connectivity index (χ3v) is 2.99. The molecule has 0 saturated carbocycles. The molecule has 0 saturated heterocycles. The Morgan fingerprint density at radius 2 is 2.14 bits per heavy atom. The normalized spacial score (nSPS) is 10.2. The van der Waals surface area contributed by atoms with E-state index in [0.29, 0.717) is 5.56 Å². The Labute approximate surface area is 123 Å². The van der Waals surface area contributed by atoms with Crippen molar-refractivity contribution in [3.63, 3.8) is 0 Å². The topological polar surface area (TPSA) is 85.1 Å². The number of carbonyl (C=O) groups is 1. The molecule has 0 aliphatic heterocycles. The fourth-order valence-electron chi connectivity index (χ4n) is 1.67. The van der Waals surface area contributed by atoms with Crippen molar-refractivity contribution < 1.29 is 14.1 Å². The van der Waals surface area contributed by atoms with E-state index in [1.807, 2.05) is 0 Å². The summed E-state index contributed by atoms with van der Waals surface area (Å²) < 4.78 is 13.3. The number of amides is 1. The minimum Gasteiger partial charge on any atom is -0.319 e. The van der Waals surface area contributed by atoms with Crippen molar-refractivity contribution in [1.82, 2.24) is 4.98 Å². The van der Waals surface area contributed by atoms with Crippen molar-refractivity contribution in [3.8, 4) is 0 Å². The zero-order valence-electron chi connectivity index (χ0n) is 10.8. The van der Waals surface area contributed by atoms with E-state index in [1.54, 1.807) is 13.0 Å². The zero-order chi connectivity index (χ0) is 15.6. The molecule has 0 aliphatic carbocycles. The Kier molecular flexibility index (Phi) is 4.13. The van der Waals surface area contributed by atoms with Gasteiger partial charge in [0.05, 0.1) is 16.7 Å². The van der Waals surface area contributed by atoms with Gasteiger partial charge in [0.1, 0.15) is 5.82 Å². The molecule has 1 N–H and O–H groups in total. The Hall–Kier alpha value is -2.54. The van der Waals surface area contributed by atoms with Gasteiger partial charge in [0.2, 0.25) is 0 Å². The lowest BCUT2D eigenvalue weighted by atomic mass is 10.1. The molecule has 6 nitrogen and oxygen atoms in total. The summed E-state index contributed by atoms with van der Waals surface area (Å²) in [6.07, 6.45) is 1.47. The molecule has 21 heavy (non-hydrogen) atoms. The molecule has 1 heterocycles. The van der Waals surface area contributed by atoms with Crippen LogP contribution in [0.1, 0.15) is 15.9 Å². The largest absolute Gasteiger partial charge is 0.319 e. The number of non-ortho nitro benzene ring substituents is 1. The fourth-order valence-corrected chi connectivity index (χ4v) is 1.92. The number of hydrogen-bond acceptors (Lipinski definition) is 4. The SMILES string of the molecule is Cc1ccnc(Cl)c1NC(=O)c1cc(F)cc([N+](=O)[O-])c1. The highest BCUT2D eigenvalue weighted by molar-refractivity contribution is 6.32. The van der Waals surface area contributed by atoms with Crippen molar-refractivity contribution in [2.45, 2.75) is 6.92 Å². The van der Waals surface area contributed by atoms with Crippen LogP contribution < -0.4 is 5.32 Å².